The number of hydrogen-bond acceptors (Lipinski definition) is 7. The van der Waals surface area contributed by atoms with Crippen molar-refractivity contribution in [2.45, 2.75) is 32.1 Å². The third-order valence-corrected chi connectivity index (χ3v) is 3.70. The van der Waals surface area contributed by atoms with Gasteiger partial charge in [-0.1, -0.05) is 31.9 Å². The third-order valence-electron chi connectivity index (χ3n) is 3.00. The Balaban J connectivity index is 2.90. The van der Waals surface area contributed by atoms with Gasteiger partial charge in [-0.2, -0.15) is 0 Å². The van der Waals surface area contributed by atoms with Crippen molar-refractivity contribution in [1.29, 1.82) is 0 Å². The molecule has 10 heteroatoms. The van der Waals surface area contributed by atoms with Crippen LogP contribution >= 0.6 is 0 Å². The molecule has 0 bridgehead atoms. The minimum absolute atomic E-state index is 0.0727. The van der Waals surface area contributed by atoms with Crippen LogP contribution in [0.4, 0.5) is 0 Å². The minimum Gasteiger partial charge on any atom is -0.497 e. The average molecular weight is 346 g/mol. The molecule has 8 nitrogen and oxygen atoms in total. The number of unbranched alkanes of at least 4 members (excludes halogenated alkanes) is 2. The van der Waals surface area contributed by atoms with Crippen molar-refractivity contribution < 1.29 is 27.3 Å². The summed E-state index contributed by atoms with van der Waals surface area (Å²) in [7, 11) is -3.32. The SMILES string of the molecule is CCCCC=CC(NS(C)(=O)=O)B1OC(=O)CN(C)CC(=O)O1. The molecular formula is C13H23BN2O6S. The number of hydrogen-bond donors (Lipinski definition) is 1. The Bertz CT molecular complexity index is 531. The van der Waals surface area contributed by atoms with Crippen molar-refractivity contribution in [2.24, 2.45) is 0 Å². The molecule has 1 atom stereocenters. The fourth-order valence-corrected chi connectivity index (χ4v) is 2.68. The standard InChI is InChI=1S/C13H23BN2O6S/c1-4-5-6-7-8-11(15-23(3,19)20)14-21-12(17)9-16(2)10-13(18)22-14/h7-8,11,15H,4-6,9-10H2,1-3H3. The Labute approximate surface area is 137 Å². The summed E-state index contributed by atoms with van der Waals surface area (Å²) >= 11 is 0. The fourth-order valence-electron chi connectivity index (χ4n) is 2.00. The minimum atomic E-state index is -3.58. The van der Waals surface area contributed by atoms with E-state index in [0.29, 0.717) is 0 Å². The number of likely N-dealkylation sites (N-methyl/N-ethyl adjacent to an activating group) is 1. The Morgan fingerprint density at radius 3 is 2.35 bits per heavy atom. The largest absolute Gasteiger partial charge is 0.622 e. The Morgan fingerprint density at radius 2 is 1.87 bits per heavy atom. The predicted molar refractivity (Wildman–Crippen MR) is 85.9 cm³/mol. The van der Waals surface area contributed by atoms with Gasteiger partial charge in [0.1, 0.15) is 5.94 Å². The molecule has 1 saturated heterocycles. The van der Waals surface area contributed by atoms with Crippen LogP contribution in [0.25, 0.3) is 0 Å². The van der Waals surface area contributed by atoms with Crippen LogP contribution in [0, 0.1) is 0 Å². The summed E-state index contributed by atoms with van der Waals surface area (Å²) in [5.74, 6) is -2.14. The topological polar surface area (TPSA) is 102 Å². The molecule has 1 rings (SSSR count). The van der Waals surface area contributed by atoms with E-state index in [4.69, 9.17) is 9.31 Å². The lowest BCUT2D eigenvalue weighted by atomic mass is 9.78. The van der Waals surface area contributed by atoms with Gasteiger partial charge >= 0.3 is 19.1 Å². The first-order valence-corrected chi connectivity index (χ1v) is 9.32. The monoisotopic (exact) mass is 346 g/mol. The van der Waals surface area contributed by atoms with E-state index in [1.165, 1.54) is 4.90 Å². The van der Waals surface area contributed by atoms with Crippen molar-refractivity contribution in [1.82, 2.24) is 9.62 Å². The lowest BCUT2D eigenvalue weighted by Crippen LogP contribution is -2.53. The summed E-state index contributed by atoms with van der Waals surface area (Å²) in [6.45, 7) is 1.89. The highest BCUT2D eigenvalue weighted by Crippen LogP contribution is 2.07. The van der Waals surface area contributed by atoms with Crippen LogP contribution in [0.2, 0.25) is 0 Å². The van der Waals surface area contributed by atoms with Crippen LogP contribution in [0.3, 0.4) is 0 Å². The normalized spacial score (nSPS) is 19.2. The van der Waals surface area contributed by atoms with Crippen LogP contribution in [0.5, 0.6) is 0 Å². The second kappa shape index (κ2) is 9.04. The number of rotatable bonds is 7. The van der Waals surface area contributed by atoms with Gasteiger partial charge in [0.05, 0.1) is 19.3 Å². The quantitative estimate of drug-likeness (QED) is 0.384. The first-order valence-electron chi connectivity index (χ1n) is 7.42. The maximum Gasteiger partial charge on any atom is 0.622 e. The van der Waals surface area contributed by atoms with Crippen LogP contribution in [-0.4, -0.2) is 64.7 Å². The number of nitrogens with zero attached hydrogens (tertiary/aromatic N) is 1. The highest BCUT2D eigenvalue weighted by Gasteiger charge is 2.39. The molecule has 0 spiro atoms. The molecule has 1 fully saturated rings. The van der Waals surface area contributed by atoms with E-state index in [1.54, 1.807) is 19.2 Å². The van der Waals surface area contributed by atoms with Gasteiger partial charge in [0.2, 0.25) is 10.0 Å². The number of carbonyl (C=O) groups excluding carboxylic acids is 2. The number of nitrogens with one attached hydrogen (secondary N) is 1. The van der Waals surface area contributed by atoms with Crippen molar-refractivity contribution in [2.75, 3.05) is 26.4 Å². The van der Waals surface area contributed by atoms with Crippen LogP contribution < -0.4 is 4.72 Å². The van der Waals surface area contributed by atoms with Crippen LogP contribution in [-0.2, 0) is 28.9 Å². The molecule has 0 aromatic rings. The van der Waals surface area contributed by atoms with Gasteiger partial charge in [-0.05, 0) is 13.5 Å². The van der Waals surface area contributed by atoms with E-state index in [-0.39, 0.29) is 13.1 Å². The van der Waals surface area contributed by atoms with E-state index >= 15 is 0 Å². The molecule has 1 N–H and O–H groups in total. The second-order valence-electron chi connectivity index (χ2n) is 5.51. The zero-order valence-corrected chi connectivity index (χ0v) is 14.5. The molecule has 1 aliphatic rings. The van der Waals surface area contributed by atoms with Crippen molar-refractivity contribution in [3.63, 3.8) is 0 Å². The molecule has 1 heterocycles. The Kier molecular flexibility index (Phi) is 7.73. The molecule has 0 saturated carbocycles. The highest BCUT2D eigenvalue weighted by atomic mass is 32.2. The van der Waals surface area contributed by atoms with Gasteiger partial charge in [0.15, 0.2) is 0 Å². The first-order chi connectivity index (χ1) is 10.7. The molecule has 0 aromatic heterocycles. The highest BCUT2D eigenvalue weighted by molar-refractivity contribution is 7.88. The van der Waals surface area contributed by atoms with Gasteiger partial charge in [-0.25, -0.2) is 13.1 Å². The summed E-state index contributed by atoms with van der Waals surface area (Å²) < 4.78 is 35.5. The molecule has 130 valence electrons. The van der Waals surface area contributed by atoms with E-state index in [9.17, 15) is 18.0 Å². The summed E-state index contributed by atoms with van der Waals surface area (Å²) in [5.41, 5.74) is 0. The number of allylic oxidation sites excluding steroid dienone is 1. The maximum absolute atomic E-state index is 11.8. The molecule has 0 aromatic carbocycles. The van der Waals surface area contributed by atoms with E-state index in [0.717, 1.165) is 25.5 Å². The number of carbonyl (C=O) groups is 2. The van der Waals surface area contributed by atoms with E-state index < -0.39 is 35.0 Å². The summed E-state index contributed by atoms with van der Waals surface area (Å²) in [6, 6.07) is 0. The van der Waals surface area contributed by atoms with E-state index in [1.807, 2.05) is 6.92 Å². The maximum atomic E-state index is 11.8. The molecule has 0 radical (unpaired) electrons. The van der Waals surface area contributed by atoms with Crippen LogP contribution in [0.15, 0.2) is 12.2 Å². The molecular weight excluding hydrogens is 323 g/mol. The zero-order valence-electron chi connectivity index (χ0n) is 13.6. The summed E-state index contributed by atoms with van der Waals surface area (Å²) in [4.78, 5) is 25.0. The molecule has 23 heavy (non-hydrogen) atoms. The summed E-state index contributed by atoms with van der Waals surface area (Å²) in [6.07, 6.45) is 6.99. The average Bonchev–Trinajstić information content (AvgIpc) is 2.38. The molecule has 1 unspecified atom stereocenters. The van der Waals surface area contributed by atoms with Gasteiger partial charge in [-0.3, -0.25) is 14.5 Å². The second-order valence-corrected chi connectivity index (χ2v) is 7.29. The van der Waals surface area contributed by atoms with Gasteiger partial charge < -0.3 is 9.31 Å². The molecule has 0 amide bonds. The van der Waals surface area contributed by atoms with Gasteiger partial charge in [0.25, 0.3) is 0 Å². The summed E-state index contributed by atoms with van der Waals surface area (Å²) in [5, 5.41) is 0. The van der Waals surface area contributed by atoms with Gasteiger partial charge in [-0.15, -0.1) is 0 Å². The smallest absolute Gasteiger partial charge is 0.497 e. The zero-order chi connectivity index (χ0) is 17.5. The fraction of sp³-hybridized carbons (Fsp3) is 0.692. The van der Waals surface area contributed by atoms with Crippen molar-refractivity contribution >= 4 is 29.1 Å². The molecule has 1 aliphatic heterocycles. The Hall–Kier alpha value is -1.39. The van der Waals surface area contributed by atoms with Gasteiger partial charge in [0, 0.05) is 0 Å². The van der Waals surface area contributed by atoms with Crippen molar-refractivity contribution in [3.05, 3.63) is 12.2 Å². The molecule has 0 aliphatic carbocycles. The third kappa shape index (κ3) is 8.14. The lowest BCUT2D eigenvalue weighted by Gasteiger charge is -2.25. The first kappa shape index (κ1) is 19.7. The van der Waals surface area contributed by atoms with Crippen molar-refractivity contribution in [3.8, 4) is 0 Å². The predicted octanol–water partition coefficient (Wildman–Crippen LogP) is -0.290. The van der Waals surface area contributed by atoms with Crippen LogP contribution in [0.1, 0.15) is 26.2 Å². The van der Waals surface area contributed by atoms with E-state index in [2.05, 4.69) is 4.72 Å². The lowest BCUT2D eigenvalue weighted by molar-refractivity contribution is -0.145. The Morgan fingerprint density at radius 1 is 1.30 bits per heavy atom. The number of sulfonamides is 1.